The van der Waals surface area contributed by atoms with Crippen molar-refractivity contribution in [1.29, 1.82) is 0 Å². The van der Waals surface area contributed by atoms with Crippen molar-refractivity contribution >= 4 is 17.4 Å². The second-order valence-corrected chi connectivity index (χ2v) is 6.21. The number of aliphatic hydroxyl groups is 1. The lowest BCUT2D eigenvalue weighted by atomic mass is 10.3. The Morgan fingerprint density at radius 1 is 1.52 bits per heavy atom. The molecule has 2 heterocycles. The molecular weight excluding hydrogens is 294 g/mol. The quantitative estimate of drug-likeness (QED) is 0.389. The Kier molecular flexibility index (Phi) is 6.43. The van der Waals surface area contributed by atoms with Gasteiger partial charge in [-0.25, -0.2) is 0 Å². The number of thioether (sulfide) groups is 1. The van der Waals surface area contributed by atoms with E-state index >= 15 is 0 Å². The van der Waals surface area contributed by atoms with Crippen molar-refractivity contribution in [3.63, 3.8) is 0 Å². The average Bonchev–Trinajstić information content (AvgIpc) is 2.93. The predicted octanol–water partition coefficient (Wildman–Crippen LogP) is -0.209. The molecule has 0 amide bonds. The number of hydrogen-bond acceptors (Lipinski definition) is 7. The van der Waals surface area contributed by atoms with E-state index in [0.29, 0.717) is 6.54 Å². The fraction of sp³-hybridized carbons (Fsp3) is 0.750. The first-order chi connectivity index (χ1) is 10.1. The summed E-state index contributed by atoms with van der Waals surface area (Å²) in [5.41, 5.74) is -0.0573. The number of aliphatic hydroxyl groups excluding tert-OH is 1. The molecule has 2 N–H and O–H groups in total. The summed E-state index contributed by atoms with van der Waals surface area (Å²) in [5.74, 6) is 2.39. The van der Waals surface area contributed by atoms with Crippen molar-refractivity contribution in [3.8, 4) is 0 Å². The molecule has 0 spiro atoms. The Hall–Kier alpha value is -1.16. The second-order valence-electron chi connectivity index (χ2n) is 4.99. The largest absolute Gasteiger partial charge is 0.390 e. The number of rotatable bonds is 8. The van der Waals surface area contributed by atoms with Crippen LogP contribution in [0.1, 0.15) is 0 Å². The molecule has 9 heteroatoms. The van der Waals surface area contributed by atoms with Crippen LogP contribution < -0.4 is 5.32 Å². The molecule has 0 saturated carbocycles. The van der Waals surface area contributed by atoms with Gasteiger partial charge in [0.15, 0.2) is 0 Å². The van der Waals surface area contributed by atoms with Gasteiger partial charge >= 0.3 is 5.69 Å². The van der Waals surface area contributed by atoms with Crippen LogP contribution in [0.5, 0.6) is 0 Å². The first-order valence-corrected chi connectivity index (χ1v) is 8.16. The highest BCUT2D eigenvalue weighted by molar-refractivity contribution is 7.99. The summed E-state index contributed by atoms with van der Waals surface area (Å²) >= 11 is 1.99. The van der Waals surface area contributed by atoms with Gasteiger partial charge in [-0.2, -0.15) is 16.9 Å². The van der Waals surface area contributed by atoms with Crippen LogP contribution in [0, 0.1) is 10.1 Å². The van der Waals surface area contributed by atoms with Gasteiger partial charge in [0, 0.05) is 44.2 Å². The van der Waals surface area contributed by atoms with Crippen LogP contribution in [0.2, 0.25) is 0 Å². The summed E-state index contributed by atoms with van der Waals surface area (Å²) in [4.78, 5) is 12.4. The van der Waals surface area contributed by atoms with E-state index in [1.165, 1.54) is 28.6 Å². The van der Waals surface area contributed by atoms with E-state index in [1.54, 1.807) is 0 Å². The van der Waals surface area contributed by atoms with Gasteiger partial charge < -0.3 is 15.3 Å². The third-order valence-electron chi connectivity index (χ3n) is 3.32. The first-order valence-electron chi connectivity index (χ1n) is 7.01. The SMILES string of the molecule is O=[N+]([O-])c1cnn(CC(O)CNCCN2CCSCC2)c1. The Bertz CT molecular complexity index is 450. The zero-order valence-corrected chi connectivity index (χ0v) is 12.7. The number of nitro groups is 1. The number of nitrogens with one attached hydrogen (secondary N) is 1. The average molecular weight is 315 g/mol. The summed E-state index contributed by atoms with van der Waals surface area (Å²) < 4.78 is 1.40. The van der Waals surface area contributed by atoms with Crippen LogP contribution in [0.25, 0.3) is 0 Å². The Labute approximate surface area is 127 Å². The van der Waals surface area contributed by atoms with Crippen molar-refractivity contribution in [2.75, 3.05) is 44.2 Å². The molecule has 1 fully saturated rings. The minimum Gasteiger partial charge on any atom is -0.390 e. The zero-order chi connectivity index (χ0) is 15.1. The van der Waals surface area contributed by atoms with Gasteiger partial charge in [0.2, 0.25) is 0 Å². The molecule has 1 aromatic rings. The van der Waals surface area contributed by atoms with Crippen LogP contribution in [0.3, 0.4) is 0 Å². The molecule has 1 aliphatic rings. The van der Waals surface area contributed by atoms with Crippen molar-refractivity contribution in [3.05, 3.63) is 22.5 Å². The number of hydrogen-bond donors (Lipinski definition) is 2. The van der Waals surface area contributed by atoms with Gasteiger partial charge in [-0.15, -0.1) is 0 Å². The molecule has 0 aromatic carbocycles. The zero-order valence-electron chi connectivity index (χ0n) is 11.8. The molecule has 2 rings (SSSR count). The lowest BCUT2D eigenvalue weighted by molar-refractivity contribution is -0.385. The van der Waals surface area contributed by atoms with Crippen molar-refractivity contribution < 1.29 is 10.0 Å². The Balaban J connectivity index is 1.60. The molecule has 1 saturated heterocycles. The summed E-state index contributed by atoms with van der Waals surface area (Å²) in [7, 11) is 0. The fourth-order valence-electron chi connectivity index (χ4n) is 2.16. The van der Waals surface area contributed by atoms with Crippen LogP contribution in [-0.4, -0.2) is 75.0 Å². The maximum atomic E-state index is 10.5. The minimum absolute atomic E-state index is 0.0573. The normalized spacial score (nSPS) is 17.8. The predicted molar refractivity (Wildman–Crippen MR) is 81.5 cm³/mol. The highest BCUT2D eigenvalue weighted by Gasteiger charge is 2.12. The lowest BCUT2D eigenvalue weighted by Gasteiger charge is -2.26. The van der Waals surface area contributed by atoms with Crippen molar-refractivity contribution in [2.24, 2.45) is 0 Å². The van der Waals surface area contributed by atoms with Crippen molar-refractivity contribution in [2.45, 2.75) is 12.6 Å². The van der Waals surface area contributed by atoms with Gasteiger partial charge in [-0.1, -0.05) is 0 Å². The van der Waals surface area contributed by atoms with E-state index in [2.05, 4.69) is 15.3 Å². The summed E-state index contributed by atoms with van der Waals surface area (Å²) in [5, 5.41) is 27.5. The molecular formula is C12H21N5O3S. The van der Waals surface area contributed by atoms with Crippen LogP contribution in [-0.2, 0) is 6.54 Å². The second kappa shape index (κ2) is 8.32. The van der Waals surface area contributed by atoms with E-state index in [9.17, 15) is 15.2 Å². The lowest BCUT2D eigenvalue weighted by Crippen LogP contribution is -2.40. The van der Waals surface area contributed by atoms with Gasteiger partial charge in [0.1, 0.15) is 12.4 Å². The Morgan fingerprint density at radius 3 is 2.95 bits per heavy atom. The smallest absolute Gasteiger partial charge is 0.306 e. The maximum absolute atomic E-state index is 10.5. The number of nitrogens with zero attached hydrogens (tertiary/aromatic N) is 4. The minimum atomic E-state index is -0.610. The maximum Gasteiger partial charge on any atom is 0.306 e. The van der Waals surface area contributed by atoms with Crippen LogP contribution in [0.15, 0.2) is 12.4 Å². The molecule has 118 valence electrons. The topological polar surface area (TPSA) is 96.5 Å². The molecule has 1 aromatic heterocycles. The van der Waals surface area contributed by atoms with Crippen molar-refractivity contribution in [1.82, 2.24) is 20.0 Å². The van der Waals surface area contributed by atoms with Gasteiger partial charge in [0.25, 0.3) is 0 Å². The molecule has 1 atom stereocenters. The van der Waals surface area contributed by atoms with Gasteiger partial charge in [-0.3, -0.25) is 14.8 Å². The Morgan fingerprint density at radius 2 is 2.29 bits per heavy atom. The van der Waals surface area contributed by atoms with E-state index < -0.39 is 11.0 Å². The monoisotopic (exact) mass is 315 g/mol. The third-order valence-corrected chi connectivity index (χ3v) is 4.26. The molecule has 1 aliphatic heterocycles. The fourth-order valence-corrected chi connectivity index (χ4v) is 3.14. The van der Waals surface area contributed by atoms with E-state index in [0.717, 1.165) is 26.2 Å². The van der Waals surface area contributed by atoms with E-state index in [1.807, 2.05) is 11.8 Å². The molecule has 0 bridgehead atoms. The molecule has 21 heavy (non-hydrogen) atoms. The summed E-state index contributed by atoms with van der Waals surface area (Å²) in [6, 6.07) is 0. The summed E-state index contributed by atoms with van der Waals surface area (Å²) in [6.07, 6.45) is 1.91. The summed E-state index contributed by atoms with van der Waals surface area (Å²) in [6.45, 7) is 4.79. The van der Waals surface area contributed by atoms with Crippen LogP contribution >= 0.6 is 11.8 Å². The molecule has 8 nitrogen and oxygen atoms in total. The molecule has 1 unspecified atom stereocenters. The van der Waals surface area contributed by atoms with Gasteiger partial charge in [0.05, 0.1) is 17.6 Å². The highest BCUT2D eigenvalue weighted by Crippen LogP contribution is 2.08. The van der Waals surface area contributed by atoms with Crippen LogP contribution in [0.4, 0.5) is 5.69 Å². The van der Waals surface area contributed by atoms with E-state index in [4.69, 9.17) is 0 Å². The molecule has 0 radical (unpaired) electrons. The third kappa shape index (κ3) is 5.62. The number of aromatic nitrogens is 2. The standard InChI is InChI=1S/C12H21N5O3S/c18-12(10-16-9-11(7-14-16)17(19)20)8-13-1-2-15-3-5-21-6-4-15/h7,9,12-13,18H,1-6,8,10H2. The first kappa shape index (κ1) is 16.2. The highest BCUT2D eigenvalue weighted by atomic mass is 32.2. The molecule has 0 aliphatic carbocycles. The van der Waals surface area contributed by atoms with E-state index in [-0.39, 0.29) is 12.2 Å². The van der Waals surface area contributed by atoms with Gasteiger partial charge in [-0.05, 0) is 0 Å².